The summed E-state index contributed by atoms with van der Waals surface area (Å²) in [4.78, 5) is 15.3. The number of rotatable bonds is 5. The van der Waals surface area contributed by atoms with Gasteiger partial charge in [0, 0.05) is 6.04 Å². The lowest BCUT2D eigenvalue weighted by Gasteiger charge is -2.03. The van der Waals surface area contributed by atoms with E-state index in [1.54, 1.807) is 6.20 Å². The Kier molecular flexibility index (Phi) is 3.01. The van der Waals surface area contributed by atoms with Gasteiger partial charge in [0.15, 0.2) is 0 Å². The van der Waals surface area contributed by atoms with Crippen molar-refractivity contribution in [3.05, 3.63) is 17.8 Å². The number of oxazole rings is 1. The Hall–Kier alpha value is -1.36. The van der Waals surface area contributed by atoms with Crippen LogP contribution in [0.1, 0.15) is 24.5 Å². The highest BCUT2D eigenvalue weighted by molar-refractivity contribution is 5.78. The van der Waals surface area contributed by atoms with Crippen molar-refractivity contribution in [2.24, 2.45) is 0 Å². The monoisotopic (exact) mass is 209 g/mol. The third-order valence-electron chi connectivity index (χ3n) is 2.17. The van der Waals surface area contributed by atoms with Gasteiger partial charge in [-0.05, 0) is 19.8 Å². The van der Waals surface area contributed by atoms with Crippen molar-refractivity contribution in [1.29, 1.82) is 0 Å². The first-order chi connectivity index (χ1) is 7.24. The summed E-state index contributed by atoms with van der Waals surface area (Å²) in [6.07, 6.45) is 3.90. The predicted molar refractivity (Wildman–Crippen MR) is 54.1 cm³/mol. The number of aromatic nitrogens is 1. The van der Waals surface area contributed by atoms with Crippen LogP contribution in [0.25, 0.3) is 0 Å². The number of hydrogen-bond acceptors (Lipinski definition) is 4. The van der Waals surface area contributed by atoms with Gasteiger partial charge in [0.1, 0.15) is 5.76 Å². The molecule has 5 heteroatoms. The predicted octanol–water partition coefficient (Wildman–Crippen LogP) is 0.351. The van der Waals surface area contributed by atoms with Gasteiger partial charge in [0.05, 0.1) is 19.3 Å². The maximum atomic E-state index is 11.3. The normalized spacial score (nSPS) is 15.3. The SMILES string of the molecule is Cc1cnc(CNCC(=O)NC2CC2)o1. The molecule has 5 nitrogen and oxygen atoms in total. The van der Waals surface area contributed by atoms with Gasteiger partial charge in [0.2, 0.25) is 11.8 Å². The van der Waals surface area contributed by atoms with E-state index in [4.69, 9.17) is 4.42 Å². The molecule has 0 aromatic carbocycles. The first kappa shape index (κ1) is 10.2. The third-order valence-corrected chi connectivity index (χ3v) is 2.17. The minimum absolute atomic E-state index is 0.0424. The molecule has 0 unspecified atom stereocenters. The summed E-state index contributed by atoms with van der Waals surface area (Å²) in [5, 5.41) is 5.87. The molecule has 2 N–H and O–H groups in total. The summed E-state index contributed by atoms with van der Waals surface area (Å²) >= 11 is 0. The molecule has 1 aliphatic carbocycles. The molecule has 1 aliphatic rings. The number of carbonyl (C=O) groups is 1. The van der Waals surface area contributed by atoms with Crippen LogP contribution in [0.4, 0.5) is 0 Å². The lowest BCUT2D eigenvalue weighted by molar-refractivity contribution is -0.120. The minimum Gasteiger partial charge on any atom is -0.445 e. The lowest BCUT2D eigenvalue weighted by atomic mass is 10.5. The molecule has 1 aromatic heterocycles. The van der Waals surface area contributed by atoms with Crippen molar-refractivity contribution in [3.63, 3.8) is 0 Å². The molecule has 1 amide bonds. The van der Waals surface area contributed by atoms with Crippen LogP contribution in [0.2, 0.25) is 0 Å². The Balaban J connectivity index is 1.63. The maximum absolute atomic E-state index is 11.3. The minimum atomic E-state index is 0.0424. The molecular formula is C10H15N3O2. The Morgan fingerprint density at radius 3 is 3.07 bits per heavy atom. The van der Waals surface area contributed by atoms with Crippen molar-refractivity contribution in [2.45, 2.75) is 32.4 Å². The fraction of sp³-hybridized carbons (Fsp3) is 0.600. The summed E-state index contributed by atoms with van der Waals surface area (Å²) in [6.45, 7) is 2.65. The highest BCUT2D eigenvalue weighted by Crippen LogP contribution is 2.18. The largest absolute Gasteiger partial charge is 0.445 e. The van der Waals surface area contributed by atoms with Crippen molar-refractivity contribution in [3.8, 4) is 0 Å². The molecule has 1 saturated carbocycles. The smallest absolute Gasteiger partial charge is 0.234 e. The van der Waals surface area contributed by atoms with Crippen LogP contribution in [0.5, 0.6) is 0 Å². The quantitative estimate of drug-likeness (QED) is 0.734. The number of nitrogens with one attached hydrogen (secondary N) is 2. The number of hydrogen-bond donors (Lipinski definition) is 2. The summed E-state index contributed by atoms with van der Waals surface area (Å²) in [7, 11) is 0. The van der Waals surface area contributed by atoms with Gasteiger partial charge in [-0.15, -0.1) is 0 Å². The molecule has 15 heavy (non-hydrogen) atoms. The van der Waals surface area contributed by atoms with Crippen molar-refractivity contribution < 1.29 is 9.21 Å². The standard InChI is InChI=1S/C10H15N3O2/c1-7-4-12-10(15-7)6-11-5-9(14)13-8-2-3-8/h4,8,11H,2-3,5-6H2,1H3,(H,13,14). The fourth-order valence-electron chi connectivity index (χ4n) is 1.27. The van der Waals surface area contributed by atoms with Crippen molar-refractivity contribution in [1.82, 2.24) is 15.6 Å². The molecule has 0 aliphatic heterocycles. The second-order valence-corrected chi connectivity index (χ2v) is 3.81. The first-order valence-electron chi connectivity index (χ1n) is 5.15. The molecular weight excluding hydrogens is 194 g/mol. The van der Waals surface area contributed by atoms with Crippen LogP contribution in [0.3, 0.4) is 0 Å². The molecule has 0 atom stereocenters. The van der Waals surface area contributed by atoms with Crippen LogP contribution in [0, 0.1) is 6.92 Å². The second-order valence-electron chi connectivity index (χ2n) is 3.81. The maximum Gasteiger partial charge on any atom is 0.234 e. The Bertz CT molecular complexity index is 344. The third kappa shape index (κ3) is 3.36. The van der Waals surface area contributed by atoms with E-state index in [1.165, 1.54) is 0 Å². The second kappa shape index (κ2) is 4.44. The number of aryl methyl sites for hydroxylation is 1. The summed E-state index contributed by atoms with van der Waals surface area (Å²) in [5.74, 6) is 1.45. The molecule has 1 aromatic rings. The summed E-state index contributed by atoms with van der Waals surface area (Å²) < 4.78 is 5.25. The van der Waals surface area contributed by atoms with E-state index in [0.717, 1.165) is 18.6 Å². The zero-order chi connectivity index (χ0) is 10.7. The van der Waals surface area contributed by atoms with Crippen LogP contribution in [0.15, 0.2) is 10.6 Å². The van der Waals surface area contributed by atoms with Crippen molar-refractivity contribution in [2.75, 3.05) is 6.54 Å². The zero-order valence-electron chi connectivity index (χ0n) is 8.75. The highest BCUT2D eigenvalue weighted by atomic mass is 16.4. The lowest BCUT2D eigenvalue weighted by Crippen LogP contribution is -2.34. The molecule has 1 fully saturated rings. The topological polar surface area (TPSA) is 67.2 Å². The number of carbonyl (C=O) groups excluding carboxylic acids is 1. The van der Waals surface area contributed by atoms with Crippen molar-refractivity contribution >= 4 is 5.91 Å². The Morgan fingerprint density at radius 1 is 1.67 bits per heavy atom. The molecule has 1 heterocycles. The molecule has 0 bridgehead atoms. The van der Waals surface area contributed by atoms with Gasteiger partial charge in [-0.25, -0.2) is 4.98 Å². The fourth-order valence-corrected chi connectivity index (χ4v) is 1.27. The van der Waals surface area contributed by atoms with Crippen LogP contribution >= 0.6 is 0 Å². The Morgan fingerprint density at radius 2 is 2.47 bits per heavy atom. The summed E-state index contributed by atoms with van der Waals surface area (Å²) in [6, 6.07) is 0.420. The molecule has 0 saturated heterocycles. The van der Waals surface area contributed by atoms with Gasteiger partial charge in [-0.2, -0.15) is 0 Å². The van der Waals surface area contributed by atoms with Gasteiger partial charge >= 0.3 is 0 Å². The molecule has 82 valence electrons. The average Bonchev–Trinajstić information content (AvgIpc) is 2.89. The number of nitrogens with zero attached hydrogens (tertiary/aromatic N) is 1. The number of amides is 1. The van der Waals surface area contributed by atoms with E-state index < -0.39 is 0 Å². The van der Waals surface area contributed by atoms with Gasteiger partial charge in [0.25, 0.3) is 0 Å². The van der Waals surface area contributed by atoms with Gasteiger partial charge in [-0.3, -0.25) is 10.1 Å². The molecule has 0 radical (unpaired) electrons. The zero-order valence-corrected chi connectivity index (χ0v) is 8.75. The van der Waals surface area contributed by atoms with E-state index in [-0.39, 0.29) is 5.91 Å². The summed E-state index contributed by atoms with van der Waals surface area (Å²) in [5.41, 5.74) is 0. The molecule has 0 spiro atoms. The average molecular weight is 209 g/mol. The highest BCUT2D eigenvalue weighted by Gasteiger charge is 2.22. The van der Waals surface area contributed by atoms with E-state index in [2.05, 4.69) is 15.6 Å². The van der Waals surface area contributed by atoms with Crippen LogP contribution in [-0.2, 0) is 11.3 Å². The first-order valence-corrected chi connectivity index (χ1v) is 5.15. The van der Waals surface area contributed by atoms with E-state index >= 15 is 0 Å². The van der Waals surface area contributed by atoms with Gasteiger partial charge < -0.3 is 9.73 Å². The van der Waals surface area contributed by atoms with E-state index in [0.29, 0.717) is 25.0 Å². The molecule has 2 rings (SSSR count). The van der Waals surface area contributed by atoms with Crippen LogP contribution < -0.4 is 10.6 Å². The van der Waals surface area contributed by atoms with Crippen LogP contribution in [-0.4, -0.2) is 23.5 Å². The van der Waals surface area contributed by atoms with Gasteiger partial charge in [-0.1, -0.05) is 0 Å². The van der Waals surface area contributed by atoms with E-state index in [9.17, 15) is 4.79 Å². The van der Waals surface area contributed by atoms with E-state index in [1.807, 2.05) is 6.92 Å². The Labute approximate surface area is 88.3 Å².